The summed E-state index contributed by atoms with van der Waals surface area (Å²) in [4.78, 5) is 0. The van der Waals surface area contributed by atoms with E-state index in [1.54, 1.807) is 27.8 Å². The minimum absolute atomic E-state index is 0.678. The Balaban J connectivity index is 2.01. The lowest BCUT2D eigenvalue weighted by atomic mass is 9.89. The molecule has 0 N–H and O–H groups in total. The number of rotatable bonds is 0. The summed E-state index contributed by atoms with van der Waals surface area (Å²) in [5, 5.41) is 0. The Morgan fingerprint density at radius 2 is 1.87 bits per heavy atom. The minimum atomic E-state index is 0.678. The van der Waals surface area contributed by atoms with Crippen LogP contribution in [0, 0.1) is 6.92 Å². The zero-order chi connectivity index (χ0) is 10.0. The molecule has 0 bridgehead atoms. The number of benzene rings is 1. The molecule has 0 unspecified atom stereocenters. The number of aryl methyl sites for hydroxylation is 2. The van der Waals surface area contributed by atoms with Crippen molar-refractivity contribution >= 4 is 0 Å². The molecule has 4 rings (SSSR count). The first kappa shape index (κ1) is 8.38. The molecule has 1 saturated carbocycles. The van der Waals surface area contributed by atoms with Gasteiger partial charge in [-0.05, 0) is 85.1 Å². The van der Waals surface area contributed by atoms with Crippen LogP contribution in [0.3, 0.4) is 0 Å². The molecule has 0 amide bonds. The standard InChI is InChI=1S/C15H18/c1-10-13-4-2-3-11(13)9-12-5-6-15(7-8-15)14(10)12/h9H,2-8H2,1H3. The van der Waals surface area contributed by atoms with Crippen molar-refractivity contribution in [3.8, 4) is 0 Å². The van der Waals surface area contributed by atoms with E-state index in [-0.39, 0.29) is 0 Å². The molecule has 0 heteroatoms. The van der Waals surface area contributed by atoms with Crippen molar-refractivity contribution in [1.29, 1.82) is 0 Å². The summed E-state index contributed by atoms with van der Waals surface area (Å²) in [5.74, 6) is 0. The Hall–Kier alpha value is -0.780. The number of hydrogen-bond donors (Lipinski definition) is 0. The maximum absolute atomic E-state index is 2.55. The van der Waals surface area contributed by atoms with Gasteiger partial charge in [0.1, 0.15) is 0 Å². The van der Waals surface area contributed by atoms with Crippen LogP contribution in [0.4, 0.5) is 0 Å². The normalized spacial score (nSPS) is 24.3. The topological polar surface area (TPSA) is 0 Å². The number of fused-ring (bicyclic) bond motifs is 3. The lowest BCUT2D eigenvalue weighted by Gasteiger charge is -2.16. The van der Waals surface area contributed by atoms with Crippen molar-refractivity contribution in [1.82, 2.24) is 0 Å². The SMILES string of the molecule is Cc1c2c(cc3c1C1(CC3)CC1)CCC2. The molecule has 15 heavy (non-hydrogen) atoms. The van der Waals surface area contributed by atoms with Gasteiger partial charge in [-0.15, -0.1) is 0 Å². The van der Waals surface area contributed by atoms with E-state index in [4.69, 9.17) is 0 Å². The first-order valence-electron chi connectivity index (χ1n) is 6.45. The molecule has 3 aliphatic carbocycles. The predicted octanol–water partition coefficient (Wildman–Crippen LogP) is 3.46. The summed E-state index contributed by atoms with van der Waals surface area (Å²) in [6.07, 6.45) is 9.85. The van der Waals surface area contributed by atoms with Crippen LogP contribution in [0.1, 0.15) is 53.5 Å². The first-order chi connectivity index (χ1) is 7.30. The van der Waals surface area contributed by atoms with E-state index >= 15 is 0 Å². The van der Waals surface area contributed by atoms with Crippen LogP contribution >= 0.6 is 0 Å². The highest BCUT2D eigenvalue weighted by molar-refractivity contribution is 5.55. The third-order valence-electron chi connectivity index (χ3n) is 5.01. The second-order valence-corrected chi connectivity index (χ2v) is 5.81. The van der Waals surface area contributed by atoms with Gasteiger partial charge in [-0.2, -0.15) is 0 Å². The summed E-state index contributed by atoms with van der Waals surface area (Å²) < 4.78 is 0. The largest absolute Gasteiger partial charge is 0.0552 e. The van der Waals surface area contributed by atoms with E-state index in [2.05, 4.69) is 13.0 Å². The summed E-state index contributed by atoms with van der Waals surface area (Å²) in [6, 6.07) is 2.55. The van der Waals surface area contributed by atoms with Gasteiger partial charge >= 0.3 is 0 Å². The zero-order valence-corrected chi connectivity index (χ0v) is 9.53. The van der Waals surface area contributed by atoms with Crippen molar-refractivity contribution < 1.29 is 0 Å². The number of hydrogen-bond acceptors (Lipinski definition) is 0. The molecule has 1 spiro atoms. The average molecular weight is 198 g/mol. The molecule has 1 fully saturated rings. The fourth-order valence-electron chi connectivity index (χ4n) is 4.11. The van der Waals surface area contributed by atoms with E-state index in [0.29, 0.717) is 5.41 Å². The second kappa shape index (κ2) is 2.48. The smallest absolute Gasteiger partial charge is 0.00377 e. The molecule has 78 valence electrons. The summed E-state index contributed by atoms with van der Waals surface area (Å²) in [5.41, 5.74) is 9.28. The van der Waals surface area contributed by atoms with Crippen LogP contribution in [0.25, 0.3) is 0 Å². The Bertz CT molecular complexity index is 450. The van der Waals surface area contributed by atoms with Gasteiger partial charge in [0, 0.05) is 0 Å². The van der Waals surface area contributed by atoms with Gasteiger partial charge in [0.25, 0.3) is 0 Å². The Labute approximate surface area is 91.7 Å². The zero-order valence-electron chi connectivity index (χ0n) is 9.53. The van der Waals surface area contributed by atoms with Crippen molar-refractivity contribution in [2.75, 3.05) is 0 Å². The summed E-state index contributed by atoms with van der Waals surface area (Å²) >= 11 is 0. The summed E-state index contributed by atoms with van der Waals surface area (Å²) in [7, 11) is 0. The molecule has 0 aliphatic heterocycles. The highest BCUT2D eigenvalue weighted by atomic mass is 14.5. The monoisotopic (exact) mass is 198 g/mol. The van der Waals surface area contributed by atoms with Crippen molar-refractivity contribution in [3.05, 3.63) is 33.9 Å². The molecule has 1 aromatic carbocycles. The molecule has 1 aromatic rings. The van der Waals surface area contributed by atoms with Crippen LogP contribution in [0.2, 0.25) is 0 Å². The minimum Gasteiger partial charge on any atom is -0.0552 e. The van der Waals surface area contributed by atoms with E-state index in [9.17, 15) is 0 Å². The quantitative estimate of drug-likeness (QED) is 0.599. The Morgan fingerprint density at radius 1 is 1.00 bits per heavy atom. The van der Waals surface area contributed by atoms with Gasteiger partial charge in [0.05, 0.1) is 0 Å². The Morgan fingerprint density at radius 3 is 2.67 bits per heavy atom. The van der Waals surface area contributed by atoms with Crippen LogP contribution < -0.4 is 0 Å². The second-order valence-electron chi connectivity index (χ2n) is 5.81. The van der Waals surface area contributed by atoms with Crippen LogP contribution in [0.5, 0.6) is 0 Å². The third kappa shape index (κ3) is 0.934. The lowest BCUT2D eigenvalue weighted by molar-refractivity contribution is 0.676. The fourth-order valence-corrected chi connectivity index (χ4v) is 4.11. The van der Waals surface area contributed by atoms with Gasteiger partial charge in [-0.3, -0.25) is 0 Å². The molecule has 0 radical (unpaired) electrons. The highest BCUT2D eigenvalue weighted by Crippen LogP contribution is 2.58. The highest BCUT2D eigenvalue weighted by Gasteiger charge is 2.49. The molecular formula is C15H18. The van der Waals surface area contributed by atoms with Gasteiger partial charge < -0.3 is 0 Å². The molecule has 0 saturated heterocycles. The Kier molecular flexibility index (Phi) is 1.39. The molecule has 3 aliphatic rings. The summed E-state index contributed by atoms with van der Waals surface area (Å²) in [6.45, 7) is 2.40. The average Bonchev–Trinajstić information content (AvgIpc) is 2.71. The van der Waals surface area contributed by atoms with Crippen LogP contribution in [-0.2, 0) is 24.7 Å². The van der Waals surface area contributed by atoms with E-state index in [1.165, 1.54) is 44.9 Å². The third-order valence-corrected chi connectivity index (χ3v) is 5.01. The van der Waals surface area contributed by atoms with Crippen molar-refractivity contribution in [2.24, 2.45) is 0 Å². The van der Waals surface area contributed by atoms with Gasteiger partial charge in [0.15, 0.2) is 0 Å². The van der Waals surface area contributed by atoms with Crippen molar-refractivity contribution in [3.63, 3.8) is 0 Å². The predicted molar refractivity (Wildman–Crippen MR) is 62.4 cm³/mol. The first-order valence-corrected chi connectivity index (χ1v) is 6.45. The van der Waals surface area contributed by atoms with E-state index in [1.807, 2.05) is 0 Å². The molecule has 0 aromatic heterocycles. The van der Waals surface area contributed by atoms with Crippen LogP contribution in [0.15, 0.2) is 6.07 Å². The van der Waals surface area contributed by atoms with E-state index < -0.39 is 0 Å². The van der Waals surface area contributed by atoms with Gasteiger partial charge in [0.2, 0.25) is 0 Å². The maximum atomic E-state index is 2.55. The lowest BCUT2D eigenvalue weighted by Crippen LogP contribution is -2.05. The van der Waals surface area contributed by atoms with E-state index in [0.717, 1.165) is 0 Å². The van der Waals surface area contributed by atoms with Crippen molar-refractivity contribution in [2.45, 2.75) is 57.3 Å². The fraction of sp³-hybridized carbons (Fsp3) is 0.600. The van der Waals surface area contributed by atoms with Crippen LogP contribution in [-0.4, -0.2) is 0 Å². The maximum Gasteiger partial charge on any atom is -0.00377 e. The van der Waals surface area contributed by atoms with Gasteiger partial charge in [-0.1, -0.05) is 6.07 Å². The molecule has 0 nitrogen and oxygen atoms in total. The van der Waals surface area contributed by atoms with Gasteiger partial charge in [-0.25, -0.2) is 0 Å². The molecule has 0 heterocycles. The molecule has 0 atom stereocenters. The molecular weight excluding hydrogens is 180 g/mol.